The third kappa shape index (κ3) is 4.24. The molecule has 0 atom stereocenters. The predicted molar refractivity (Wildman–Crippen MR) is 216 cm³/mol. The zero-order valence-electron chi connectivity index (χ0n) is 29.1. The van der Waals surface area contributed by atoms with Gasteiger partial charge >= 0.3 is 0 Å². The molecular weight excluding hydrogens is 657 g/mol. The van der Waals surface area contributed by atoms with Gasteiger partial charge in [0.1, 0.15) is 5.65 Å². The van der Waals surface area contributed by atoms with Gasteiger partial charge in [-0.3, -0.25) is 4.40 Å². The van der Waals surface area contributed by atoms with E-state index in [9.17, 15) is 5.26 Å². The molecule has 0 saturated heterocycles. The predicted octanol–water partition coefficient (Wildman–Crippen LogP) is 11.6. The summed E-state index contributed by atoms with van der Waals surface area (Å²) in [6, 6.07) is 64.3. The number of nitrogens with zero attached hydrogens (tertiary/aromatic N) is 4. The summed E-state index contributed by atoms with van der Waals surface area (Å²) in [4.78, 5) is 10.4. The molecular formula is C50H30N4. The first-order valence-electron chi connectivity index (χ1n) is 18.2. The van der Waals surface area contributed by atoms with Gasteiger partial charge in [-0.25, -0.2) is 9.97 Å². The van der Waals surface area contributed by atoms with Crippen LogP contribution in [0.25, 0.3) is 72.9 Å². The van der Waals surface area contributed by atoms with E-state index < -0.39 is 5.41 Å². The van der Waals surface area contributed by atoms with E-state index in [1.54, 1.807) is 0 Å². The topological polar surface area (TPSA) is 54.0 Å². The van der Waals surface area contributed by atoms with Crippen molar-refractivity contribution in [1.82, 2.24) is 14.4 Å². The molecule has 0 fully saturated rings. The second-order valence-corrected chi connectivity index (χ2v) is 14.1. The molecule has 11 rings (SSSR count). The number of hydrogen-bond donors (Lipinski definition) is 0. The summed E-state index contributed by atoms with van der Waals surface area (Å²) >= 11 is 0. The van der Waals surface area contributed by atoms with Crippen LogP contribution in [0.2, 0.25) is 0 Å². The van der Waals surface area contributed by atoms with Crippen molar-refractivity contribution >= 4 is 5.65 Å². The van der Waals surface area contributed by atoms with Crippen LogP contribution in [-0.4, -0.2) is 14.4 Å². The summed E-state index contributed by atoms with van der Waals surface area (Å²) in [6.45, 7) is 0. The van der Waals surface area contributed by atoms with Crippen LogP contribution in [-0.2, 0) is 5.41 Å². The molecule has 0 saturated carbocycles. The molecule has 3 aromatic heterocycles. The van der Waals surface area contributed by atoms with Gasteiger partial charge in [0.15, 0.2) is 0 Å². The number of benzene rings is 6. The lowest BCUT2D eigenvalue weighted by Gasteiger charge is -2.30. The molecule has 0 bridgehead atoms. The Balaban J connectivity index is 1.08. The Bertz CT molecular complexity index is 2960. The minimum absolute atomic E-state index is 0.455. The summed E-state index contributed by atoms with van der Waals surface area (Å²) in [5.41, 5.74) is 18.6. The SMILES string of the molecule is N#Cc1cc(-c2cccc(-c3nc4ccccn4c3-c3ccccc3)c2)nc(-c2ccc3c(c2)C2(c4ccccc4-c4ccccc42)c2ccccc2-3)c1. The lowest BCUT2D eigenvalue weighted by molar-refractivity contribution is 0.794. The van der Waals surface area contributed by atoms with Crippen LogP contribution < -0.4 is 0 Å². The van der Waals surface area contributed by atoms with Crippen molar-refractivity contribution < 1.29 is 0 Å². The van der Waals surface area contributed by atoms with Gasteiger partial charge in [0.05, 0.1) is 39.8 Å². The zero-order chi connectivity index (χ0) is 35.8. The summed E-state index contributed by atoms with van der Waals surface area (Å²) in [5, 5.41) is 10.3. The molecule has 0 amide bonds. The fraction of sp³-hybridized carbons (Fsp3) is 0.0200. The molecule has 6 aromatic carbocycles. The quantitative estimate of drug-likeness (QED) is 0.185. The number of aromatic nitrogens is 3. The van der Waals surface area contributed by atoms with E-state index in [0.29, 0.717) is 5.56 Å². The van der Waals surface area contributed by atoms with Gasteiger partial charge in [0, 0.05) is 28.5 Å². The number of rotatable bonds is 4. The van der Waals surface area contributed by atoms with Crippen molar-refractivity contribution in [3.8, 4) is 73.4 Å². The van der Waals surface area contributed by atoms with Crippen molar-refractivity contribution in [3.05, 3.63) is 210 Å². The Hall–Kier alpha value is -7.35. The molecule has 0 radical (unpaired) electrons. The van der Waals surface area contributed by atoms with E-state index in [0.717, 1.165) is 50.7 Å². The van der Waals surface area contributed by atoms with Gasteiger partial charge in [0.25, 0.3) is 0 Å². The van der Waals surface area contributed by atoms with E-state index in [2.05, 4.69) is 156 Å². The molecule has 2 aliphatic rings. The van der Waals surface area contributed by atoms with Crippen LogP contribution in [0.3, 0.4) is 0 Å². The second kappa shape index (κ2) is 11.6. The van der Waals surface area contributed by atoms with Crippen molar-refractivity contribution in [2.45, 2.75) is 5.41 Å². The molecule has 0 aliphatic heterocycles. The highest BCUT2D eigenvalue weighted by atomic mass is 15.0. The minimum Gasteiger partial charge on any atom is -0.299 e. The highest BCUT2D eigenvalue weighted by molar-refractivity contribution is 5.96. The third-order valence-electron chi connectivity index (χ3n) is 11.3. The van der Waals surface area contributed by atoms with Gasteiger partial charge < -0.3 is 0 Å². The van der Waals surface area contributed by atoms with Crippen molar-refractivity contribution in [2.24, 2.45) is 0 Å². The number of fused-ring (bicyclic) bond motifs is 11. The van der Waals surface area contributed by atoms with Crippen LogP contribution in [0.4, 0.5) is 0 Å². The van der Waals surface area contributed by atoms with Gasteiger partial charge in [-0.15, -0.1) is 0 Å². The maximum atomic E-state index is 10.3. The summed E-state index contributed by atoms with van der Waals surface area (Å²) in [7, 11) is 0. The standard InChI is InChI=1S/C50H30N4/c51-31-32-27-45(34-15-12-16-36(29-34)48-49(33-13-2-1-3-14-33)54-26-11-10-23-47(54)53-48)52-46(28-32)35-24-25-40-39-19-6-9-22-43(39)50(44(40)30-35)41-20-7-4-17-37(41)38-18-5-8-21-42(38)50/h1-30H. The zero-order valence-corrected chi connectivity index (χ0v) is 29.1. The van der Waals surface area contributed by atoms with Crippen LogP contribution in [0, 0.1) is 11.3 Å². The summed E-state index contributed by atoms with van der Waals surface area (Å²) in [5.74, 6) is 0. The van der Waals surface area contributed by atoms with Gasteiger partial charge in [0.2, 0.25) is 0 Å². The Morgan fingerprint density at radius 3 is 1.67 bits per heavy atom. The van der Waals surface area contributed by atoms with Crippen LogP contribution in [0.1, 0.15) is 27.8 Å². The molecule has 54 heavy (non-hydrogen) atoms. The van der Waals surface area contributed by atoms with E-state index in [1.165, 1.54) is 44.5 Å². The van der Waals surface area contributed by atoms with Gasteiger partial charge in [-0.2, -0.15) is 5.26 Å². The van der Waals surface area contributed by atoms with E-state index in [4.69, 9.17) is 9.97 Å². The lowest BCUT2D eigenvalue weighted by Crippen LogP contribution is -2.25. The first-order chi connectivity index (χ1) is 26.7. The van der Waals surface area contributed by atoms with Crippen molar-refractivity contribution in [3.63, 3.8) is 0 Å². The monoisotopic (exact) mass is 686 g/mol. The number of imidazole rings is 1. The maximum Gasteiger partial charge on any atom is 0.137 e. The first-order valence-corrected chi connectivity index (χ1v) is 18.2. The molecule has 2 aliphatic carbocycles. The van der Waals surface area contributed by atoms with Gasteiger partial charge in [-0.1, -0.05) is 140 Å². The highest BCUT2D eigenvalue weighted by Crippen LogP contribution is 2.63. The number of hydrogen-bond acceptors (Lipinski definition) is 3. The molecule has 3 heterocycles. The fourth-order valence-electron chi connectivity index (χ4n) is 9.04. The first kappa shape index (κ1) is 30.3. The van der Waals surface area contributed by atoms with E-state index >= 15 is 0 Å². The Morgan fingerprint density at radius 1 is 0.444 bits per heavy atom. The van der Waals surface area contributed by atoms with Crippen molar-refractivity contribution in [2.75, 3.05) is 0 Å². The Kier molecular flexibility index (Phi) is 6.50. The summed E-state index contributed by atoms with van der Waals surface area (Å²) < 4.78 is 2.14. The number of nitriles is 1. The smallest absolute Gasteiger partial charge is 0.137 e. The number of pyridine rings is 2. The Morgan fingerprint density at radius 2 is 1.00 bits per heavy atom. The average molecular weight is 687 g/mol. The minimum atomic E-state index is -0.455. The van der Waals surface area contributed by atoms with Crippen LogP contribution >= 0.6 is 0 Å². The molecule has 250 valence electrons. The molecule has 0 unspecified atom stereocenters. The fourth-order valence-corrected chi connectivity index (χ4v) is 9.04. The molecule has 4 heteroatoms. The lowest BCUT2D eigenvalue weighted by atomic mass is 9.70. The molecule has 4 nitrogen and oxygen atoms in total. The molecule has 9 aromatic rings. The van der Waals surface area contributed by atoms with Gasteiger partial charge in [-0.05, 0) is 80.9 Å². The third-order valence-corrected chi connectivity index (χ3v) is 11.3. The highest BCUT2D eigenvalue weighted by Gasteiger charge is 2.51. The molecule has 0 N–H and O–H groups in total. The second-order valence-electron chi connectivity index (χ2n) is 14.1. The average Bonchev–Trinajstić information content (AvgIpc) is 3.88. The van der Waals surface area contributed by atoms with E-state index in [1.807, 2.05) is 36.4 Å². The van der Waals surface area contributed by atoms with Crippen molar-refractivity contribution in [1.29, 1.82) is 5.26 Å². The summed E-state index contributed by atoms with van der Waals surface area (Å²) in [6.07, 6.45) is 2.06. The van der Waals surface area contributed by atoms with Crippen LogP contribution in [0.5, 0.6) is 0 Å². The normalized spacial score (nSPS) is 12.9. The molecule has 1 spiro atoms. The Labute approximate surface area is 312 Å². The maximum absolute atomic E-state index is 10.3. The van der Waals surface area contributed by atoms with E-state index in [-0.39, 0.29) is 0 Å². The largest absolute Gasteiger partial charge is 0.299 e. The van der Waals surface area contributed by atoms with Crippen LogP contribution in [0.15, 0.2) is 182 Å².